The van der Waals surface area contributed by atoms with E-state index < -0.39 is 10.0 Å². The Hall–Kier alpha value is -1.11. The van der Waals surface area contributed by atoms with Gasteiger partial charge in [0.1, 0.15) is 0 Å². The van der Waals surface area contributed by atoms with E-state index in [4.69, 9.17) is 4.74 Å². The fraction of sp³-hybridized carbons (Fsp3) is 0.571. The number of anilines is 1. The molecule has 0 saturated heterocycles. The molecule has 0 heterocycles. The van der Waals surface area contributed by atoms with E-state index in [1.165, 1.54) is 0 Å². The van der Waals surface area contributed by atoms with Crippen LogP contribution in [0.2, 0.25) is 0 Å². The number of hydrogen-bond acceptors (Lipinski definition) is 4. The number of nitrogens with one attached hydrogen (secondary N) is 2. The number of rotatable bonds is 9. The summed E-state index contributed by atoms with van der Waals surface area (Å²) in [6, 6.07) is 6.99. The molecule has 0 amide bonds. The molecular formula is C14H22N2O3S. The zero-order valence-electron chi connectivity index (χ0n) is 11.8. The van der Waals surface area contributed by atoms with Gasteiger partial charge < -0.3 is 10.1 Å². The topological polar surface area (TPSA) is 67.4 Å². The lowest BCUT2D eigenvalue weighted by molar-refractivity contribution is 0.147. The van der Waals surface area contributed by atoms with Gasteiger partial charge in [-0.1, -0.05) is 0 Å². The molecule has 1 aliphatic carbocycles. The highest BCUT2D eigenvalue weighted by Crippen LogP contribution is 2.22. The average molecular weight is 298 g/mol. The van der Waals surface area contributed by atoms with Gasteiger partial charge in [-0.25, -0.2) is 13.1 Å². The molecule has 1 fully saturated rings. The second-order valence-corrected chi connectivity index (χ2v) is 6.61. The van der Waals surface area contributed by atoms with Crippen molar-refractivity contribution in [3.63, 3.8) is 0 Å². The molecule has 2 N–H and O–H groups in total. The summed E-state index contributed by atoms with van der Waals surface area (Å²) in [5.74, 6) is 0. The van der Waals surface area contributed by atoms with Crippen molar-refractivity contribution in [2.75, 3.05) is 25.1 Å². The summed E-state index contributed by atoms with van der Waals surface area (Å²) in [7, 11) is -3.34. The van der Waals surface area contributed by atoms with Crippen LogP contribution < -0.4 is 10.0 Å². The second kappa shape index (κ2) is 7.06. The Kier molecular flexibility index (Phi) is 5.39. The number of hydrogen-bond donors (Lipinski definition) is 2. The van der Waals surface area contributed by atoms with Gasteiger partial charge in [-0.15, -0.1) is 0 Å². The average Bonchev–Trinajstić information content (AvgIpc) is 3.22. The van der Waals surface area contributed by atoms with E-state index in [9.17, 15) is 8.42 Å². The minimum Gasteiger partial charge on any atom is -0.385 e. The first-order valence-corrected chi connectivity index (χ1v) is 8.54. The van der Waals surface area contributed by atoms with Crippen LogP contribution in [0.5, 0.6) is 0 Å². The Morgan fingerprint density at radius 1 is 1.25 bits per heavy atom. The van der Waals surface area contributed by atoms with E-state index in [-0.39, 0.29) is 6.04 Å². The van der Waals surface area contributed by atoms with Crippen LogP contribution in [0.3, 0.4) is 0 Å². The summed E-state index contributed by atoms with van der Waals surface area (Å²) in [4.78, 5) is 0.323. The first-order valence-electron chi connectivity index (χ1n) is 7.06. The number of sulfonamides is 1. The fourth-order valence-corrected chi connectivity index (χ4v) is 3.10. The van der Waals surface area contributed by atoms with Crippen molar-refractivity contribution in [2.45, 2.75) is 37.1 Å². The van der Waals surface area contributed by atoms with Crippen LogP contribution in [0.15, 0.2) is 29.2 Å². The molecule has 1 saturated carbocycles. The lowest BCUT2D eigenvalue weighted by atomic mass is 10.3. The Bertz CT molecular complexity index is 510. The normalized spacial score (nSPS) is 15.2. The quantitative estimate of drug-likeness (QED) is 0.684. The van der Waals surface area contributed by atoms with E-state index in [1.807, 2.05) is 6.92 Å². The Balaban J connectivity index is 1.82. The molecule has 0 atom stereocenters. The SMILES string of the molecule is CCOCCCNc1ccc(S(=O)(=O)NC2CC2)cc1. The van der Waals surface area contributed by atoms with Gasteiger partial charge in [0.15, 0.2) is 0 Å². The van der Waals surface area contributed by atoms with E-state index >= 15 is 0 Å². The molecule has 0 aliphatic heterocycles. The van der Waals surface area contributed by atoms with Crippen LogP contribution in [0.25, 0.3) is 0 Å². The van der Waals surface area contributed by atoms with Crippen LogP contribution in [-0.4, -0.2) is 34.2 Å². The lowest BCUT2D eigenvalue weighted by Gasteiger charge is -2.08. The zero-order chi connectivity index (χ0) is 14.4. The summed E-state index contributed by atoms with van der Waals surface area (Å²) in [5.41, 5.74) is 0.923. The van der Waals surface area contributed by atoms with Gasteiger partial charge in [0, 0.05) is 31.5 Å². The van der Waals surface area contributed by atoms with E-state index in [2.05, 4.69) is 10.0 Å². The molecule has 1 aromatic rings. The smallest absolute Gasteiger partial charge is 0.240 e. The molecule has 20 heavy (non-hydrogen) atoms. The molecule has 0 spiro atoms. The molecule has 6 heteroatoms. The minimum absolute atomic E-state index is 0.136. The molecule has 1 aromatic carbocycles. The van der Waals surface area contributed by atoms with Gasteiger partial charge in [0.05, 0.1) is 4.90 Å². The standard InChI is InChI=1S/C14H22N2O3S/c1-2-19-11-3-10-15-12-6-8-14(9-7-12)20(17,18)16-13-4-5-13/h6-9,13,15-16H,2-5,10-11H2,1H3. The van der Waals surface area contributed by atoms with Gasteiger partial charge in [-0.2, -0.15) is 0 Å². The van der Waals surface area contributed by atoms with Crippen LogP contribution in [0.1, 0.15) is 26.2 Å². The third kappa shape index (κ3) is 4.77. The molecule has 112 valence electrons. The summed E-state index contributed by atoms with van der Waals surface area (Å²) in [6.45, 7) is 4.26. The van der Waals surface area contributed by atoms with Gasteiger partial charge in [0.2, 0.25) is 10.0 Å². The molecular weight excluding hydrogens is 276 g/mol. The van der Waals surface area contributed by atoms with Crippen LogP contribution >= 0.6 is 0 Å². The van der Waals surface area contributed by atoms with Crippen LogP contribution in [0, 0.1) is 0 Å². The third-order valence-electron chi connectivity index (χ3n) is 3.06. The third-order valence-corrected chi connectivity index (χ3v) is 4.60. The summed E-state index contributed by atoms with van der Waals surface area (Å²) in [5, 5.41) is 3.24. The van der Waals surface area contributed by atoms with Gasteiger partial charge in [0.25, 0.3) is 0 Å². The minimum atomic E-state index is -3.34. The van der Waals surface area contributed by atoms with E-state index in [0.717, 1.165) is 44.7 Å². The fourth-order valence-electron chi connectivity index (χ4n) is 1.79. The molecule has 0 unspecified atom stereocenters. The Labute approximate surface area is 120 Å². The summed E-state index contributed by atoms with van der Waals surface area (Å²) >= 11 is 0. The first-order chi connectivity index (χ1) is 9.62. The Morgan fingerprint density at radius 2 is 1.95 bits per heavy atom. The Morgan fingerprint density at radius 3 is 2.55 bits per heavy atom. The van der Waals surface area contributed by atoms with Gasteiger partial charge in [-0.3, -0.25) is 0 Å². The predicted molar refractivity (Wildman–Crippen MR) is 79.4 cm³/mol. The van der Waals surface area contributed by atoms with Gasteiger partial charge >= 0.3 is 0 Å². The highest BCUT2D eigenvalue weighted by atomic mass is 32.2. The molecule has 2 rings (SSSR count). The highest BCUT2D eigenvalue weighted by Gasteiger charge is 2.27. The monoisotopic (exact) mass is 298 g/mol. The maximum absolute atomic E-state index is 12.0. The van der Waals surface area contributed by atoms with Crippen LogP contribution in [0.4, 0.5) is 5.69 Å². The highest BCUT2D eigenvalue weighted by molar-refractivity contribution is 7.89. The second-order valence-electron chi connectivity index (χ2n) is 4.90. The lowest BCUT2D eigenvalue weighted by Crippen LogP contribution is -2.25. The molecule has 1 aliphatic rings. The van der Waals surface area contributed by atoms with Crippen molar-refractivity contribution < 1.29 is 13.2 Å². The van der Waals surface area contributed by atoms with E-state index in [0.29, 0.717) is 4.90 Å². The molecule has 0 radical (unpaired) electrons. The molecule has 5 nitrogen and oxygen atoms in total. The zero-order valence-corrected chi connectivity index (χ0v) is 12.6. The van der Waals surface area contributed by atoms with Crippen molar-refractivity contribution in [3.05, 3.63) is 24.3 Å². The first kappa shape index (κ1) is 15.3. The van der Waals surface area contributed by atoms with Crippen molar-refractivity contribution >= 4 is 15.7 Å². The molecule has 0 bridgehead atoms. The predicted octanol–water partition coefficient (Wildman–Crippen LogP) is 1.97. The maximum Gasteiger partial charge on any atom is 0.240 e. The van der Waals surface area contributed by atoms with E-state index in [1.54, 1.807) is 24.3 Å². The summed E-state index contributed by atoms with van der Waals surface area (Å²) in [6.07, 6.45) is 2.81. The molecule has 0 aromatic heterocycles. The number of ether oxygens (including phenoxy) is 1. The van der Waals surface area contributed by atoms with Crippen LogP contribution in [-0.2, 0) is 14.8 Å². The largest absolute Gasteiger partial charge is 0.385 e. The van der Waals surface area contributed by atoms with Gasteiger partial charge in [-0.05, 0) is 50.5 Å². The van der Waals surface area contributed by atoms with Crippen molar-refractivity contribution in [3.8, 4) is 0 Å². The maximum atomic E-state index is 12.0. The number of benzene rings is 1. The van der Waals surface area contributed by atoms with Crippen molar-refractivity contribution in [1.82, 2.24) is 4.72 Å². The van der Waals surface area contributed by atoms with Crippen molar-refractivity contribution in [2.24, 2.45) is 0 Å². The summed E-state index contributed by atoms with van der Waals surface area (Å²) < 4.78 is 31.9. The van der Waals surface area contributed by atoms with Crippen molar-refractivity contribution in [1.29, 1.82) is 0 Å².